The fourth-order valence-electron chi connectivity index (χ4n) is 1.17. The lowest BCUT2D eigenvalue weighted by molar-refractivity contribution is 0.118. The number of allylic oxidation sites excluding steroid dienone is 3. The molecule has 1 aliphatic heterocycles. The first-order chi connectivity index (χ1) is 6.63. The lowest BCUT2D eigenvalue weighted by Crippen LogP contribution is -2.17. The van der Waals surface area contributed by atoms with Crippen LogP contribution in [0.25, 0.3) is 0 Å². The fourth-order valence-corrected chi connectivity index (χ4v) is 2.23. The molecule has 0 saturated carbocycles. The molecular weight excluding hydrogens is 223 g/mol. The van der Waals surface area contributed by atoms with E-state index in [4.69, 9.17) is 20.6 Å². The van der Waals surface area contributed by atoms with Crippen LogP contribution in [0, 0.1) is 0 Å². The SMILES string of the molecule is C/C=C(Cl)\C=C(/C)[C@H]1CCO[PH](=O)O1. The Morgan fingerprint density at radius 3 is 2.93 bits per heavy atom. The van der Waals surface area contributed by atoms with Gasteiger partial charge in [0.1, 0.15) is 0 Å². The van der Waals surface area contributed by atoms with E-state index >= 15 is 0 Å². The first-order valence-electron chi connectivity index (χ1n) is 4.47. The van der Waals surface area contributed by atoms with E-state index < -0.39 is 8.25 Å². The average molecular weight is 237 g/mol. The van der Waals surface area contributed by atoms with Crippen molar-refractivity contribution in [1.29, 1.82) is 0 Å². The van der Waals surface area contributed by atoms with Gasteiger partial charge in [-0.2, -0.15) is 0 Å². The van der Waals surface area contributed by atoms with Crippen LogP contribution in [-0.4, -0.2) is 12.7 Å². The zero-order chi connectivity index (χ0) is 10.6. The molecule has 0 radical (unpaired) electrons. The molecule has 3 nitrogen and oxygen atoms in total. The molecule has 1 saturated heterocycles. The molecule has 80 valence electrons. The number of halogens is 1. The molecule has 0 amide bonds. The van der Waals surface area contributed by atoms with E-state index in [-0.39, 0.29) is 6.10 Å². The Kier molecular flexibility index (Phi) is 4.90. The van der Waals surface area contributed by atoms with Crippen molar-refractivity contribution in [2.24, 2.45) is 0 Å². The van der Waals surface area contributed by atoms with E-state index in [2.05, 4.69) is 0 Å². The third-order valence-corrected chi connectivity index (χ3v) is 3.23. The van der Waals surface area contributed by atoms with E-state index in [0.717, 1.165) is 12.0 Å². The second kappa shape index (κ2) is 5.72. The van der Waals surface area contributed by atoms with Gasteiger partial charge < -0.3 is 9.05 Å². The lowest BCUT2D eigenvalue weighted by Gasteiger charge is -2.22. The van der Waals surface area contributed by atoms with Gasteiger partial charge in [0.25, 0.3) is 0 Å². The van der Waals surface area contributed by atoms with Gasteiger partial charge in [0.15, 0.2) is 0 Å². The largest absolute Gasteiger partial charge is 0.319 e. The van der Waals surface area contributed by atoms with Crippen LogP contribution in [0.3, 0.4) is 0 Å². The zero-order valence-corrected chi connectivity index (χ0v) is 10.0. The van der Waals surface area contributed by atoms with Crippen LogP contribution in [0.1, 0.15) is 20.3 Å². The summed E-state index contributed by atoms with van der Waals surface area (Å²) >= 11 is 5.84. The molecule has 0 aromatic heterocycles. The van der Waals surface area contributed by atoms with Crippen LogP contribution < -0.4 is 0 Å². The molecule has 1 rings (SSSR count). The molecule has 0 spiro atoms. The molecule has 1 unspecified atom stereocenters. The van der Waals surface area contributed by atoms with E-state index in [1.807, 2.05) is 19.9 Å². The summed E-state index contributed by atoms with van der Waals surface area (Å²) in [6, 6.07) is 0. The van der Waals surface area contributed by atoms with Crippen LogP contribution >= 0.6 is 19.9 Å². The third kappa shape index (κ3) is 3.58. The van der Waals surface area contributed by atoms with E-state index in [1.54, 1.807) is 6.08 Å². The highest BCUT2D eigenvalue weighted by molar-refractivity contribution is 7.33. The van der Waals surface area contributed by atoms with Crippen LogP contribution in [-0.2, 0) is 13.6 Å². The topological polar surface area (TPSA) is 35.5 Å². The van der Waals surface area contributed by atoms with Crippen molar-refractivity contribution in [2.75, 3.05) is 6.61 Å². The molecule has 0 aliphatic carbocycles. The van der Waals surface area contributed by atoms with Gasteiger partial charge in [-0.1, -0.05) is 17.7 Å². The van der Waals surface area contributed by atoms with Crippen molar-refractivity contribution in [3.05, 3.63) is 22.8 Å². The molecule has 0 aromatic carbocycles. The summed E-state index contributed by atoms with van der Waals surface area (Å²) in [7, 11) is -2.28. The number of hydrogen-bond donors (Lipinski definition) is 0. The summed E-state index contributed by atoms with van der Waals surface area (Å²) in [4.78, 5) is 0. The van der Waals surface area contributed by atoms with Gasteiger partial charge in [-0.15, -0.1) is 0 Å². The van der Waals surface area contributed by atoms with Crippen LogP contribution in [0.4, 0.5) is 0 Å². The van der Waals surface area contributed by atoms with Gasteiger partial charge in [-0.05, 0) is 25.5 Å². The maximum absolute atomic E-state index is 11.0. The average Bonchev–Trinajstić information content (AvgIpc) is 2.17. The summed E-state index contributed by atoms with van der Waals surface area (Å²) in [5.41, 5.74) is 0.981. The zero-order valence-electron chi connectivity index (χ0n) is 8.25. The smallest absolute Gasteiger partial charge is 0.311 e. The first-order valence-corrected chi connectivity index (χ1v) is 6.07. The number of hydrogen-bond acceptors (Lipinski definition) is 3. The summed E-state index contributed by atoms with van der Waals surface area (Å²) in [5, 5.41) is 0.664. The predicted molar refractivity (Wildman–Crippen MR) is 57.8 cm³/mol. The van der Waals surface area contributed by atoms with Gasteiger partial charge in [-0.25, -0.2) is 0 Å². The highest BCUT2D eigenvalue weighted by Crippen LogP contribution is 2.35. The standard InChI is InChI=1S/C9H14ClO3P/c1-3-8(10)6-7(2)9-4-5-12-14(11)13-9/h3,6,9,14H,4-5H2,1-2H3/b7-6+,8-3+/t9-/m1/s1. The van der Waals surface area contributed by atoms with E-state index in [9.17, 15) is 4.57 Å². The molecule has 0 N–H and O–H groups in total. The molecular formula is C9H14ClO3P. The van der Waals surface area contributed by atoms with Crippen LogP contribution in [0.2, 0.25) is 0 Å². The third-order valence-electron chi connectivity index (χ3n) is 1.99. The molecule has 1 heterocycles. The monoisotopic (exact) mass is 236 g/mol. The van der Waals surface area contributed by atoms with Crippen molar-refractivity contribution in [2.45, 2.75) is 26.4 Å². The Hall–Kier alpha value is -0.0800. The predicted octanol–water partition coefficient (Wildman–Crippen LogP) is 3.27. The van der Waals surface area contributed by atoms with Gasteiger partial charge in [0, 0.05) is 11.5 Å². The maximum Gasteiger partial charge on any atom is 0.319 e. The van der Waals surface area contributed by atoms with Crippen molar-refractivity contribution in [1.82, 2.24) is 0 Å². The maximum atomic E-state index is 11.0. The second-order valence-electron chi connectivity index (χ2n) is 3.06. The van der Waals surface area contributed by atoms with Crippen molar-refractivity contribution < 1.29 is 13.6 Å². The summed E-state index contributed by atoms with van der Waals surface area (Å²) < 4.78 is 21.0. The molecule has 5 heteroatoms. The quantitative estimate of drug-likeness (QED) is 0.545. The second-order valence-corrected chi connectivity index (χ2v) is 4.52. The highest BCUT2D eigenvalue weighted by Gasteiger charge is 2.20. The van der Waals surface area contributed by atoms with Gasteiger partial charge in [0.2, 0.25) is 0 Å². The minimum absolute atomic E-state index is 0.121. The Balaban J connectivity index is 2.64. The minimum Gasteiger partial charge on any atom is -0.311 e. The van der Waals surface area contributed by atoms with Gasteiger partial charge in [0.05, 0.1) is 12.7 Å². The van der Waals surface area contributed by atoms with Crippen LogP contribution in [0.15, 0.2) is 22.8 Å². The molecule has 1 fully saturated rings. The summed E-state index contributed by atoms with van der Waals surface area (Å²) in [5.74, 6) is 0. The molecule has 2 atom stereocenters. The van der Waals surface area contributed by atoms with Crippen molar-refractivity contribution >= 4 is 19.9 Å². The first kappa shape index (κ1) is 12.0. The fraction of sp³-hybridized carbons (Fsp3) is 0.556. The van der Waals surface area contributed by atoms with Gasteiger partial charge >= 0.3 is 8.25 Å². The number of rotatable bonds is 2. The molecule has 0 bridgehead atoms. The van der Waals surface area contributed by atoms with Crippen molar-refractivity contribution in [3.63, 3.8) is 0 Å². The van der Waals surface area contributed by atoms with Gasteiger partial charge in [-0.3, -0.25) is 4.57 Å². The van der Waals surface area contributed by atoms with E-state index in [1.165, 1.54) is 0 Å². The Morgan fingerprint density at radius 2 is 2.36 bits per heavy atom. The summed E-state index contributed by atoms with van der Waals surface area (Å²) in [6.07, 6.45) is 4.23. The molecule has 1 aliphatic rings. The minimum atomic E-state index is -2.28. The van der Waals surface area contributed by atoms with Crippen LogP contribution in [0.5, 0.6) is 0 Å². The molecule has 14 heavy (non-hydrogen) atoms. The van der Waals surface area contributed by atoms with Crippen molar-refractivity contribution in [3.8, 4) is 0 Å². The lowest BCUT2D eigenvalue weighted by atomic mass is 10.1. The normalized spacial score (nSPS) is 30.5. The Labute approximate surface area is 89.7 Å². The highest BCUT2D eigenvalue weighted by atomic mass is 35.5. The Morgan fingerprint density at radius 1 is 1.64 bits per heavy atom. The Bertz CT molecular complexity index is 286. The molecule has 0 aromatic rings. The van der Waals surface area contributed by atoms with E-state index in [0.29, 0.717) is 11.6 Å². The summed E-state index contributed by atoms with van der Waals surface area (Å²) in [6.45, 7) is 4.26.